The first kappa shape index (κ1) is 12.5. The van der Waals surface area contributed by atoms with Crippen molar-refractivity contribution in [2.24, 2.45) is 0 Å². The molecule has 0 spiro atoms. The maximum atomic E-state index is 5.29. The predicted molar refractivity (Wildman–Crippen MR) is 59.0 cm³/mol. The molecule has 1 unspecified atom stereocenters. The zero-order chi connectivity index (χ0) is 9.61. The van der Waals surface area contributed by atoms with Crippen LogP contribution in [0.1, 0.15) is 26.2 Å². The summed E-state index contributed by atoms with van der Waals surface area (Å²) in [4.78, 5) is 0. The third kappa shape index (κ3) is 4.50. The van der Waals surface area contributed by atoms with Gasteiger partial charge in [0.2, 0.25) is 0 Å². The fourth-order valence-corrected chi connectivity index (χ4v) is 1.34. The monoisotopic (exact) mass is 208 g/mol. The average Bonchev–Trinajstić information content (AvgIpc) is 2.13. The van der Waals surface area contributed by atoms with Gasteiger partial charge in [-0.25, -0.2) is 0 Å². The molecule has 4 heteroatoms. The summed E-state index contributed by atoms with van der Waals surface area (Å²) in [6.45, 7) is 2.14. The Morgan fingerprint density at radius 3 is 2.25 bits per heavy atom. The zero-order valence-electron chi connectivity index (χ0n) is 8.46. The van der Waals surface area contributed by atoms with Crippen LogP contribution in [0.25, 0.3) is 0 Å². The Labute approximate surface area is 83.8 Å². The van der Waals surface area contributed by atoms with Crippen LogP contribution in [0.4, 0.5) is 0 Å². The summed E-state index contributed by atoms with van der Waals surface area (Å²) < 4.78 is 10.6. The highest BCUT2D eigenvalue weighted by atomic mass is 32.1. The highest BCUT2D eigenvalue weighted by Gasteiger charge is 2.22. The highest BCUT2D eigenvalue weighted by Crippen LogP contribution is 2.18. The molecule has 0 amide bonds. The molecule has 0 N–H and O–H groups in total. The van der Waals surface area contributed by atoms with Gasteiger partial charge in [0, 0.05) is 19.5 Å². The van der Waals surface area contributed by atoms with Gasteiger partial charge in [-0.05, 0) is 19.3 Å². The van der Waals surface area contributed by atoms with E-state index in [-0.39, 0.29) is 5.41 Å². The maximum Gasteiger partial charge on any atom is 0.140 e. The summed E-state index contributed by atoms with van der Waals surface area (Å²) in [5.41, 5.74) is -0.295. The maximum absolute atomic E-state index is 5.29. The zero-order valence-corrected chi connectivity index (χ0v) is 11.4. The summed E-state index contributed by atoms with van der Waals surface area (Å²) in [6, 6.07) is 0. The molecule has 0 aliphatic carbocycles. The second-order valence-corrected chi connectivity index (χ2v) is 5.40. The van der Waals surface area contributed by atoms with Crippen molar-refractivity contribution >= 4 is 22.9 Å². The van der Waals surface area contributed by atoms with E-state index in [1.165, 1.54) is 0 Å². The summed E-state index contributed by atoms with van der Waals surface area (Å²) in [5.74, 6) is 0. The van der Waals surface area contributed by atoms with Crippen molar-refractivity contribution in [1.29, 1.82) is 0 Å². The van der Waals surface area contributed by atoms with E-state index in [9.17, 15) is 0 Å². The molecule has 0 aromatic rings. The van der Waals surface area contributed by atoms with Gasteiger partial charge in [-0.1, -0.05) is 6.92 Å². The van der Waals surface area contributed by atoms with Gasteiger partial charge in [-0.15, -0.1) is 0 Å². The Balaban J connectivity index is 3.72. The minimum atomic E-state index is -0.295. The molecule has 0 aliphatic rings. The van der Waals surface area contributed by atoms with Crippen molar-refractivity contribution in [3.05, 3.63) is 0 Å². The van der Waals surface area contributed by atoms with E-state index in [1.54, 1.807) is 14.2 Å². The Bertz CT molecular complexity index is 118. The van der Waals surface area contributed by atoms with Crippen molar-refractivity contribution in [3.8, 4) is 0 Å². The second-order valence-electron chi connectivity index (χ2n) is 3.14. The van der Waals surface area contributed by atoms with Crippen LogP contribution in [0.15, 0.2) is 0 Å². The molecule has 0 saturated heterocycles. The van der Waals surface area contributed by atoms with Gasteiger partial charge in [-0.2, -0.15) is 12.6 Å². The van der Waals surface area contributed by atoms with Crippen LogP contribution in [0.5, 0.6) is 0 Å². The fraction of sp³-hybridized carbons (Fsp3) is 1.00. The molecular formula is C8H20O2SSi. The van der Waals surface area contributed by atoms with Gasteiger partial charge in [0.15, 0.2) is 0 Å². The second kappa shape index (κ2) is 6.02. The van der Waals surface area contributed by atoms with E-state index in [2.05, 4.69) is 19.6 Å². The molecule has 0 saturated carbocycles. The van der Waals surface area contributed by atoms with Crippen molar-refractivity contribution in [3.63, 3.8) is 0 Å². The normalized spacial score (nSPS) is 15.0. The minimum Gasteiger partial charge on any atom is -0.358 e. The lowest BCUT2D eigenvalue weighted by Gasteiger charge is -2.27. The van der Waals surface area contributed by atoms with E-state index in [4.69, 9.17) is 9.47 Å². The van der Waals surface area contributed by atoms with Crippen molar-refractivity contribution in [1.82, 2.24) is 0 Å². The third-order valence-corrected chi connectivity index (χ3v) is 4.21. The van der Waals surface area contributed by atoms with Crippen LogP contribution in [-0.2, 0) is 9.47 Å². The van der Waals surface area contributed by atoms with Crippen molar-refractivity contribution in [2.75, 3.05) is 14.2 Å². The molecule has 0 fully saturated rings. The Kier molecular flexibility index (Phi) is 6.26. The first-order chi connectivity index (χ1) is 5.58. The summed E-state index contributed by atoms with van der Waals surface area (Å²) >= 11 is 4.42. The van der Waals surface area contributed by atoms with E-state index in [0.717, 1.165) is 29.5 Å². The molecule has 12 heavy (non-hydrogen) atoms. The fourth-order valence-electron chi connectivity index (χ4n) is 0.920. The molecule has 0 aliphatic heterocycles. The standard InChI is InChI=1S/C8H20O2SSi/c1-4-7(11)5-6-8(12,9-2)10-3/h7,11H,4-6H2,1-3,12H3. The third-order valence-electron chi connectivity index (χ3n) is 2.27. The first-order valence-electron chi connectivity index (χ1n) is 4.36. The van der Waals surface area contributed by atoms with Crippen LogP contribution >= 0.6 is 12.6 Å². The van der Waals surface area contributed by atoms with Crippen molar-refractivity contribution < 1.29 is 9.47 Å². The van der Waals surface area contributed by atoms with E-state index < -0.39 is 0 Å². The summed E-state index contributed by atoms with van der Waals surface area (Å²) in [5, 5.41) is 0.476. The van der Waals surface area contributed by atoms with Crippen LogP contribution < -0.4 is 0 Å². The molecule has 0 bridgehead atoms. The Morgan fingerprint density at radius 1 is 1.42 bits per heavy atom. The number of rotatable bonds is 6. The highest BCUT2D eigenvalue weighted by molar-refractivity contribution is 7.80. The quantitative estimate of drug-likeness (QED) is 0.395. The molecule has 74 valence electrons. The molecule has 2 nitrogen and oxygen atoms in total. The number of thiol groups is 1. The first-order valence-corrected chi connectivity index (χ1v) is 5.88. The van der Waals surface area contributed by atoms with Gasteiger partial charge in [0.05, 0.1) is 10.2 Å². The average molecular weight is 208 g/mol. The Hall–Kier alpha value is 0.487. The van der Waals surface area contributed by atoms with Crippen LogP contribution in [0.2, 0.25) is 0 Å². The van der Waals surface area contributed by atoms with E-state index in [0.29, 0.717) is 5.25 Å². The lowest BCUT2D eigenvalue weighted by Crippen LogP contribution is -2.34. The predicted octanol–water partition coefficient (Wildman–Crippen LogP) is 0.787. The Morgan fingerprint density at radius 2 is 1.92 bits per heavy atom. The van der Waals surface area contributed by atoms with Crippen LogP contribution in [-0.4, -0.2) is 35.1 Å². The van der Waals surface area contributed by atoms with Gasteiger partial charge >= 0.3 is 0 Å². The molecule has 0 aromatic carbocycles. The molecule has 1 atom stereocenters. The van der Waals surface area contributed by atoms with Crippen molar-refractivity contribution in [2.45, 2.75) is 36.8 Å². The SMILES string of the molecule is CCC(S)CCC([SiH3])(OC)OC. The van der Waals surface area contributed by atoms with Crippen LogP contribution in [0.3, 0.4) is 0 Å². The smallest absolute Gasteiger partial charge is 0.140 e. The largest absolute Gasteiger partial charge is 0.358 e. The molecule has 0 aromatic heterocycles. The van der Waals surface area contributed by atoms with Crippen LogP contribution in [0, 0.1) is 0 Å². The number of hydrogen-bond acceptors (Lipinski definition) is 3. The summed E-state index contributed by atoms with van der Waals surface area (Å²) in [6.07, 6.45) is 3.12. The molecular weight excluding hydrogens is 188 g/mol. The minimum absolute atomic E-state index is 0.295. The van der Waals surface area contributed by atoms with E-state index in [1.807, 2.05) is 0 Å². The van der Waals surface area contributed by atoms with Gasteiger partial charge in [-0.3, -0.25) is 0 Å². The van der Waals surface area contributed by atoms with Gasteiger partial charge in [0.1, 0.15) is 5.41 Å². The molecule has 0 radical (unpaired) electrons. The van der Waals surface area contributed by atoms with E-state index >= 15 is 0 Å². The molecule has 0 heterocycles. The molecule has 0 rings (SSSR count). The number of methoxy groups -OCH3 is 2. The lowest BCUT2D eigenvalue weighted by molar-refractivity contribution is -0.146. The number of ether oxygens (including phenoxy) is 2. The van der Waals surface area contributed by atoms with Gasteiger partial charge < -0.3 is 9.47 Å². The lowest BCUT2D eigenvalue weighted by atomic mass is 10.2. The topological polar surface area (TPSA) is 18.5 Å². The summed E-state index contributed by atoms with van der Waals surface area (Å²) in [7, 11) is 4.31. The van der Waals surface area contributed by atoms with Gasteiger partial charge in [0.25, 0.3) is 0 Å². The number of hydrogen-bond donors (Lipinski definition) is 1.